The lowest BCUT2D eigenvalue weighted by atomic mass is 10.2. The molecule has 124 valence electrons. The van der Waals surface area contributed by atoms with Crippen LogP contribution in [0.2, 0.25) is 0 Å². The number of benzene rings is 1. The molecule has 1 rings (SSSR count). The summed E-state index contributed by atoms with van der Waals surface area (Å²) in [4.78, 5) is 11.8. The third kappa shape index (κ3) is 8.03. The topological polar surface area (TPSA) is 44.8 Å². The number of methoxy groups -OCH3 is 1. The number of esters is 1. The summed E-state index contributed by atoms with van der Waals surface area (Å²) in [6, 6.07) is 7.14. The molecule has 0 N–H and O–H groups in total. The predicted octanol–water partition coefficient (Wildman–Crippen LogP) is 4.23. The van der Waals surface area contributed by atoms with Crippen LogP contribution in [0.3, 0.4) is 0 Å². The van der Waals surface area contributed by atoms with Gasteiger partial charge < -0.3 is 14.2 Å². The van der Waals surface area contributed by atoms with Gasteiger partial charge in [-0.1, -0.05) is 26.2 Å². The summed E-state index contributed by atoms with van der Waals surface area (Å²) in [6.45, 7) is 4.04. The summed E-state index contributed by atoms with van der Waals surface area (Å²) in [5.41, 5.74) is 0.560. The van der Waals surface area contributed by atoms with Crippen molar-refractivity contribution in [3.05, 3.63) is 29.8 Å². The zero-order chi connectivity index (χ0) is 16.0. The van der Waals surface area contributed by atoms with E-state index in [2.05, 4.69) is 6.92 Å². The minimum atomic E-state index is -0.285. The molecule has 0 heterocycles. The van der Waals surface area contributed by atoms with Crippen LogP contribution in [-0.4, -0.2) is 32.9 Å². The Hall–Kier alpha value is -1.55. The molecular weight excluding hydrogens is 280 g/mol. The van der Waals surface area contributed by atoms with Crippen molar-refractivity contribution in [1.82, 2.24) is 0 Å². The second-order valence-electron chi connectivity index (χ2n) is 5.27. The number of carbonyl (C=O) groups excluding carboxylic acids is 1. The molecule has 1 aromatic carbocycles. The second kappa shape index (κ2) is 12.0. The summed E-state index contributed by atoms with van der Waals surface area (Å²) in [6.07, 6.45) is 6.46. The molecule has 0 unspecified atom stereocenters. The van der Waals surface area contributed by atoms with Crippen molar-refractivity contribution in [3.8, 4) is 5.75 Å². The molecule has 0 amide bonds. The summed E-state index contributed by atoms with van der Waals surface area (Å²) < 4.78 is 15.8. The molecule has 0 saturated carbocycles. The van der Waals surface area contributed by atoms with Crippen LogP contribution in [0.4, 0.5) is 0 Å². The first-order valence-electron chi connectivity index (χ1n) is 8.17. The monoisotopic (exact) mass is 308 g/mol. The Morgan fingerprint density at radius 1 is 0.909 bits per heavy atom. The Morgan fingerprint density at radius 2 is 1.59 bits per heavy atom. The van der Waals surface area contributed by atoms with Crippen molar-refractivity contribution in [1.29, 1.82) is 0 Å². The number of carbonyl (C=O) groups is 1. The Kier molecular flexibility index (Phi) is 10.1. The van der Waals surface area contributed by atoms with Crippen LogP contribution in [0, 0.1) is 0 Å². The van der Waals surface area contributed by atoms with Gasteiger partial charge in [0.25, 0.3) is 0 Å². The van der Waals surface area contributed by atoms with Gasteiger partial charge in [-0.3, -0.25) is 0 Å². The Labute approximate surface area is 133 Å². The van der Waals surface area contributed by atoms with Gasteiger partial charge >= 0.3 is 5.97 Å². The van der Waals surface area contributed by atoms with E-state index < -0.39 is 0 Å². The van der Waals surface area contributed by atoms with E-state index >= 15 is 0 Å². The van der Waals surface area contributed by atoms with E-state index in [-0.39, 0.29) is 5.97 Å². The van der Waals surface area contributed by atoms with Crippen molar-refractivity contribution < 1.29 is 19.0 Å². The van der Waals surface area contributed by atoms with Gasteiger partial charge in [0.2, 0.25) is 0 Å². The molecule has 0 spiro atoms. The quantitative estimate of drug-likeness (QED) is 0.428. The van der Waals surface area contributed by atoms with Gasteiger partial charge in [-0.15, -0.1) is 0 Å². The third-order valence-electron chi connectivity index (χ3n) is 3.33. The fraction of sp³-hybridized carbons (Fsp3) is 0.611. The Morgan fingerprint density at radius 3 is 2.27 bits per heavy atom. The predicted molar refractivity (Wildman–Crippen MR) is 87.5 cm³/mol. The van der Waals surface area contributed by atoms with E-state index in [4.69, 9.17) is 14.2 Å². The van der Waals surface area contributed by atoms with Crippen LogP contribution in [0.25, 0.3) is 0 Å². The van der Waals surface area contributed by atoms with Crippen LogP contribution in [0.15, 0.2) is 24.3 Å². The molecule has 1 aromatic rings. The van der Waals surface area contributed by atoms with Crippen LogP contribution >= 0.6 is 0 Å². The van der Waals surface area contributed by atoms with Crippen molar-refractivity contribution in [2.24, 2.45) is 0 Å². The summed E-state index contributed by atoms with van der Waals surface area (Å²) in [5.74, 6) is 0.514. The van der Waals surface area contributed by atoms with E-state index in [1.165, 1.54) is 19.3 Å². The van der Waals surface area contributed by atoms with Crippen molar-refractivity contribution in [2.75, 3.05) is 26.9 Å². The summed E-state index contributed by atoms with van der Waals surface area (Å²) in [5, 5.41) is 0. The van der Waals surface area contributed by atoms with E-state index in [0.29, 0.717) is 18.8 Å². The first-order valence-corrected chi connectivity index (χ1v) is 8.17. The molecule has 4 heteroatoms. The van der Waals surface area contributed by atoms with Gasteiger partial charge in [0, 0.05) is 13.7 Å². The van der Waals surface area contributed by atoms with Gasteiger partial charge in [0.15, 0.2) is 0 Å². The zero-order valence-electron chi connectivity index (χ0n) is 13.8. The van der Waals surface area contributed by atoms with Crippen LogP contribution in [0.1, 0.15) is 55.8 Å². The van der Waals surface area contributed by atoms with Crippen molar-refractivity contribution in [2.45, 2.75) is 45.4 Å². The maximum atomic E-state index is 11.8. The minimum absolute atomic E-state index is 0.285. The first kappa shape index (κ1) is 18.5. The molecule has 0 fully saturated rings. The first-order chi connectivity index (χ1) is 10.8. The fourth-order valence-corrected chi connectivity index (χ4v) is 2.00. The molecule has 0 radical (unpaired) electrons. The van der Waals surface area contributed by atoms with Gasteiger partial charge in [0.1, 0.15) is 5.75 Å². The lowest BCUT2D eigenvalue weighted by Crippen LogP contribution is -2.07. The molecule has 0 aromatic heterocycles. The van der Waals surface area contributed by atoms with Crippen LogP contribution in [-0.2, 0) is 9.47 Å². The maximum absolute atomic E-state index is 11.8. The highest BCUT2D eigenvalue weighted by Gasteiger charge is 2.06. The molecule has 0 atom stereocenters. The van der Waals surface area contributed by atoms with Crippen molar-refractivity contribution >= 4 is 5.97 Å². The number of unbranched alkanes of at least 4 members (excludes halogenated alkanes) is 4. The number of rotatable bonds is 12. The number of ether oxygens (including phenoxy) is 3. The molecule has 4 nitrogen and oxygen atoms in total. The summed E-state index contributed by atoms with van der Waals surface area (Å²) >= 11 is 0. The van der Waals surface area contributed by atoms with E-state index in [0.717, 1.165) is 31.6 Å². The van der Waals surface area contributed by atoms with Crippen LogP contribution in [0.5, 0.6) is 5.75 Å². The second-order valence-corrected chi connectivity index (χ2v) is 5.27. The highest BCUT2D eigenvalue weighted by Crippen LogP contribution is 2.14. The minimum Gasteiger partial charge on any atom is -0.494 e. The maximum Gasteiger partial charge on any atom is 0.338 e. The van der Waals surface area contributed by atoms with E-state index in [1.807, 2.05) is 12.1 Å². The lowest BCUT2D eigenvalue weighted by molar-refractivity contribution is 0.0489. The normalized spacial score (nSPS) is 10.5. The molecule has 0 aliphatic heterocycles. The highest BCUT2D eigenvalue weighted by molar-refractivity contribution is 5.89. The molecule has 0 aliphatic rings. The molecule has 0 saturated heterocycles. The third-order valence-corrected chi connectivity index (χ3v) is 3.33. The van der Waals surface area contributed by atoms with Gasteiger partial charge in [-0.25, -0.2) is 4.79 Å². The molecule has 22 heavy (non-hydrogen) atoms. The van der Waals surface area contributed by atoms with Crippen molar-refractivity contribution in [3.63, 3.8) is 0 Å². The molecular formula is C18H28O4. The van der Waals surface area contributed by atoms with Gasteiger partial charge in [0.05, 0.1) is 18.8 Å². The lowest BCUT2D eigenvalue weighted by Gasteiger charge is -2.07. The average molecular weight is 308 g/mol. The van der Waals surface area contributed by atoms with Gasteiger partial charge in [-0.05, 0) is 43.5 Å². The van der Waals surface area contributed by atoms with E-state index in [1.54, 1.807) is 19.2 Å². The summed E-state index contributed by atoms with van der Waals surface area (Å²) in [7, 11) is 1.67. The number of hydrogen-bond acceptors (Lipinski definition) is 4. The standard InChI is InChI=1S/C18H28O4/c1-3-4-5-6-14-21-17-11-9-16(10-12-17)18(19)22-15-8-7-13-20-2/h9-12H,3-8,13-15H2,1-2H3. The zero-order valence-corrected chi connectivity index (χ0v) is 13.8. The Balaban J connectivity index is 2.23. The smallest absolute Gasteiger partial charge is 0.338 e. The molecule has 0 aliphatic carbocycles. The highest BCUT2D eigenvalue weighted by atomic mass is 16.5. The Bertz CT molecular complexity index is 400. The van der Waals surface area contributed by atoms with Gasteiger partial charge in [-0.2, -0.15) is 0 Å². The number of hydrogen-bond donors (Lipinski definition) is 0. The average Bonchev–Trinajstić information content (AvgIpc) is 2.55. The largest absolute Gasteiger partial charge is 0.494 e. The SMILES string of the molecule is CCCCCCOc1ccc(C(=O)OCCCCOC)cc1. The van der Waals surface area contributed by atoms with Crippen LogP contribution < -0.4 is 4.74 Å². The fourth-order valence-electron chi connectivity index (χ4n) is 2.00. The van der Waals surface area contributed by atoms with E-state index in [9.17, 15) is 4.79 Å². The molecule has 0 bridgehead atoms.